The van der Waals surface area contributed by atoms with Gasteiger partial charge >= 0.3 is 0 Å². The number of hydrogen-bond donors (Lipinski definition) is 2. The summed E-state index contributed by atoms with van der Waals surface area (Å²) in [5.41, 5.74) is 4.97. The fourth-order valence-electron chi connectivity index (χ4n) is 1.71. The lowest BCUT2D eigenvalue weighted by Crippen LogP contribution is -2.06. The summed E-state index contributed by atoms with van der Waals surface area (Å²) in [4.78, 5) is 10.4. The van der Waals surface area contributed by atoms with Gasteiger partial charge < -0.3 is 10.8 Å². The van der Waals surface area contributed by atoms with Gasteiger partial charge in [-0.1, -0.05) is 32.3 Å². The van der Waals surface area contributed by atoms with Crippen LogP contribution in [0, 0.1) is 5.92 Å². The quantitative estimate of drug-likeness (QED) is 0.444. The highest BCUT2D eigenvalue weighted by Crippen LogP contribution is 2.16. The van der Waals surface area contributed by atoms with E-state index in [0.717, 1.165) is 32.1 Å². The van der Waals surface area contributed by atoms with Crippen molar-refractivity contribution in [1.29, 1.82) is 0 Å². The van der Waals surface area contributed by atoms with Crippen LogP contribution >= 0.6 is 0 Å². The van der Waals surface area contributed by atoms with E-state index in [2.05, 4.69) is 6.92 Å². The average molecular weight is 227 g/mol. The predicted molar refractivity (Wildman–Crippen MR) is 66.9 cm³/mol. The fourth-order valence-corrected chi connectivity index (χ4v) is 1.71. The average Bonchev–Trinajstić information content (AvgIpc) is 2.26. The molecule has 0 aliphatic carbocycles. The number of aliphatic hydroxyl groups excluding tert-OH is 1. The Labute approximate surface area is 98.7 Å². The van der Waals surface area contributed by atoms with Gasteiger partial charge in [0, 0.05) is 6.61 Å². The molecule has 0 spiro atoms. The molecule has 0 saturated heterocycles. The summed E-state index contributed by atoms with van der Waals surface area (Å²) in [6.45, 7) is 2.47. The summed E-state index contributed by atoms with van der Waals surface area (Å²) >= 11 is 0. The molecule has 0 heterocycles. The number of amides is 1. The molecule has 1 atom stereocenters. The lowest BCUT2D eigenvalue weighted by molar-refractivity contribution is -0.113. The van der Waals surface area contributed by atoms with Crippen LogP contribution in [0.3, 0.4) is 0 Å². The van der Waals surface area contributed by atoms with Gasteiger partial charge in [0.25, 0.3) is 0 Å². The summed E-state index contributed by atoms with van der Waals surface area (Å²) in [6, 6.07) is 0. The smallest absolute Gasteiger partial charge is 0.241 e. The van der Waals surface area contributed by atoms with Crippen LogP contribution in [0.25, 0.3) is 0 Å². The van der Waals surface area contributed by atoms with E-state index in [1.54, 1.807) is 0 Å². The molecule has 16 heavy (non-hydrogen) atoms. The van der Waals surface area contributed by atoms with Crippen molar-refractivity contribution < 1.29 is 9.90 Å². The molecule has 0 aromatic heterocycles. The molecule has 0 aromatic carbocycles. The Morgan fingerprint density at radius 2 is 2.00 bits per heavy atom. The zero-order chi connectivity index (χ0) is 12.2. The van der Waals surface area contributed by atoms with Crippen LogP contribution in [-0.4, -0.2) is 17.6 Å². The number of nitrogens with two attached hydrogens (primary N) is 1. The SMILES string of the molecule is CCCCC(CO)CCCCC=CC(N)=O. The second kappa shape index (κ2) is 10.7. The third-order valence-electron chi connectivity index (χ3n) is 2.74. The highest BCUT2D eigenvalue weighted by molar-refractivity contribution is 5.85. The van der Waals surface area contributed by atoms with Crippen LogP contribution < -0.4 is 5.73 Å². The van der Waals surface area contributed by atoms with Crippen molar-refractivity contribution in [3.63, 3.8) is 0 Å². The van der Waals surface area contributed by atoms with Crippen LogP contribution in [0.15, 0.2) is 12.2 Å². The van der Waals surface area contributed by atoms with E-state index in [0.29, 0.717) is 12.5 Å². The fraction of sp³-hybridized carbons (Fsp3) is 0.769. The van der Waals surface area contributed by atoms with E-state index in [-0.39, 0.29) is 5.91 Å². The molecule has 0 rings (SSSR count). The van der Waals surface area contributed by atoms with E-state index in [1.807, 2.05) is 6.08 Å². The molecule has 0 aliphatic heterocycles. The largest absolute Gasteiger partial charge is 0.396 e. The van der Waals surface area contributed by atoms with Crippen molar-refractivity contribution in [3.05, 3.63) is 12.2 Å². The highest BCUT2D eigenvalue weighted by atomic mass is 16.3. The summed E-state index contributed by atoms with van der Waals surface area (Å²) in [5, 5.41) is 9.15. The Hall–Kier alpha value is -0.830. The predicted octanol–water partition coefficient (Wildman–Crippen LogP) is 2.39. The molecule has 0 radical (unpaired) electrons. The number of hydrogen-bond acceptors (Lipinski definition) is 2. The van der Waals surface area contributed by atoms with E-state index in [9.17, 15) is 4.79 Å². The van der Waals surface area contributed by atoms with Crippen molar-refractivity contribution in [3.8, 4) is 0 Å². The van der Waals surface area contributed by atoms with Crippen LogP contribution in [-0.2, 0) is 4.79 Å². The van der Waals surface area contributed by atoms with Gasteiger partial charge in [-0.05, 0) is 37.7 Å². The number of carbonyl (C=O) groups excluding carboxylic acids is 1. The van der Waals surface area contributed by atoms with Crippen molar-refractivity contribution >= 4 is 5.91 Å². The normalized spacial score (nSPS) is 13.1. The first-order valence-corrected chi connectivity index (χ1v) is 6.27. The Bertz CT molecular complexity index is 202. The molecular weight excluding hydrogens is 202 g/mol. The minimum absolute atomic E-state index is 0.303. The zero-order valence-electron chi connectivity index (χ0n) is 10.3. The second-order valence-electron chi connectivity index (χ2n) is 4.28. The van der Waals surface area contributed by atoms with Gasteiger partial charge in [0.05, 0.1) is 0 Å². The van der Waals surface area contributed by atoms with Gasteiger partial charge in [-0.2, -0.15) is 0 Å². The van der Waals surface area contributed by atoms with Gasteiger partial charge in [0.15, 0.2) is 0 Å². The van der Waals surface area contributed by atoms with Gasteiger partial charge in [0.2, 0.25) is 5.91 Å². The van der Waals surface area contributed by atoms with E-state index >= 15 is 0 Å². The van der Waals surface area contributed by atoms with E-state index < -0.39 is 0 Å². The lowest BCUT2D eigenvalue weighted by Gasteiger charge is -2.12. The minimum Gasteiger partial charge on any atom is -0.396 e. The van der Waals surface area contributed by atoms with Gasteiger partial charge in [-0.15, -0.1) is 0 Å². The number of allylic oxidation sites excluding steroid dienone is 1. The number of carbonyl (C=O) groups is 1. The molecule has 0 bridgehead atoms. The summed E-state index contributed by atoms with van der Waals surface area (Å²) in [6.07, 6.45) is 10.9. The number of primary amides is 1. The van der Waals surface area contributed by atoms with E-state index in [4.69, 9.17) is 10.8 Å². The van der Waals surface area contributed by atoms with Gasteiger partial charge in [-0.25, -0.2) is 0 Å². The molecule has 3 N–H and O–H groups in total. The molecule has 0 fully saturated rings. The third kappa shape index (κ3) is 9.71. The molecule has 3 nitrogen and oxygen atoms in total. The molecule has 1 amide bonds. The monoisotopic (exact) mass is 227 g/mol. The van der Waals surface area contributed by atoms with Crippen LogP contribution in [0.5, 0.6) is 0 Å². The van der Waals surface area contributed by atoms with Crippen molar-refractivity contribution in [2.45, 2.75) is 51.9 Å². The molecule has 0 aromatic rings. The Morgan fingerprint density at radius 3 is 2.56 bits per heavy atom. The maximum Gasteiger partial charge on any atom is 0.241 e. The number of unbranched alkanes of at least 4 members (excludes halogenated alkanes) is 3. The maximum absolute atomic E-state index is 10.4. The van der Waals surface area contributed by atoms with Crippen molar-refractivity contribution in [2.24, 2.45) is 11.7 Å². The second-order valence-corrected chi connectivity index (χ2v) is 4.28. The maximum atomic E-state index is 10.4. The lowest BCUT2D eigenvalue weighted by atomic mass is 9.96. The third-order valence-corrected chi connectivity index (χ3v) is 2.74. The number of aliphatic hydroxyl groups is 1. The topological polar surface area (TPSA) is 63.3 Å². The van der Waals surface area contributed by atoms with Crippen LogP contribution in [0.2, 0.25) is 0 Å². The van der Waals surface area contributed by atoms with Gasteiger partial charge in [-0.3, -0.25) is 4.79 Å². The van der Waals surface area contributed by atoms with Crippen LogP contribution in [0.1, 0.15) is 51.9 Å². The van der Waals surface area contributed by atoms with Crippen LogP contribution in [0.4, 0.5) is 0 Å². The minimum atomic E-state index is -0.379. The Morgan fingerprint density at radius 1 is 1.31 bits per heavy atom. The van der Waals surface area contributed by atoms with Crippen molar-refractivity contribution in [2.75, 3.05) is 6.61 Å². The van der Waals surface area contributed by atoms with E-state index in [1.165, 1.54) is 18.9 Å². The Balaban J connectivity index is 3.44. The summed E-state index contributed by atoms with van der Waals surface area (Å²) < 4.78 is 0. The molecule has 94 valence electrons. The zero-order valence-corrected chi connectivity index (χ0v) is 10.3. The first-order valence-electron chi connectivity index (χ1n) is 6.27. The molecule has 1 unspecified atom stereocenters. The summed E-state index contributed by atoms with van der Waals surface area (Å²) in [5.74, 6) is 0.0799. The first kappa shape index (κ1) is 15.2. The molecule has 3 heteroatoms. The summed E-state index contributed by atoms with van der Waals surface area (Å²) in [7, 11) is 0. The van der Waals surface area contributed by atoms with Gasteiger partial charge in [0.1, 0.15) is 0 Å². The number of rotatable bonds is 10. The molecule has 0 saturated carbocycles. The highest BCUT2D eigenvalue weighted by Gasteiger charge is 2.05. The standard InChI is InChI=1S/C13H25NO2/c1-2-3-8-12(11-15)9-6-4-5-7-10-13(14)16/h7,10,12,15H,2-6,8-9,11H2,1H3,(H2,14,16). The first-order chi connectivity index (χ1) is 7.70. The molecule has 0 aliphatic rings. The Kier molecular flexibility index (Phi) is 10.1. The molecular formula is C13H25NO2. The van der Waals surface area contributed by atoms with Crippen molar-refractivity contribution in [1.82, 2.24) is 0 Å².